The molecule has 0 aliphatic carbocycles. The molecule has 21 heavy (non-hydrogen) atoms. The maximum Gasteiger partial charge on any atom is 0.254 e. The summed E-state index contributed by atoms with van der Waals surface area (Å²) in [6.07, 6.45) is 3.53. The molecule has 2 aliphatic heterocycles. The summed E-state index contributed by atoms with van der Waals surface area (Å²) in [5, 5.41) is 9.46. The number of carbonyl (C=O) groups excluding carboxylic acids is 1. The molecule has 0 aromatic heterocycles. The van der Waals surface area contributed by atoms with Crippen LogP contribution in [0.1, 0.15) is 42.1 Å². The van der Waals surface area contributed by atoms with Gasteiger partial charge in [-0.05, 0) is 62.3 Å². The Morgan fingerprint density at radius 1 is 1.38 bits per heavy atom. The third kappa shape index (κ3) is 2.77. The number of benzene rings is 1. The normalized spacial score (nSPS) is 24.5. The molecule has 1 aromatic rings. The van der Waals surface area contributed by atoms with E-state index in [9.17, 15) is 9.90 Å². The summed E-state index contributed by atoms with van der Waals surface area (Å²) >= 11 is 0. The Balaban J connectivity index is 1.68. The molecule has 0 bridgehead atoms. The number of rotatable bonds is 1. The number of likely N-dealkylation sites (tertiary alicyclic amines) is 1. The summed E-state index contributed by atoms with van der Waals surface area (Å²) in [7, 11) is 0. The minimum Gasteiger partial charge on any atom is -0.508 e. The van der Waals surface area contributed by atoms with Crippen LogP contribution in [0.2, 0.25) is 0 Å². The zero-order chi connectivity index (χ0) is 15.0. The van der Waals surface area contributed by atoms with E-state index in [0.717, 1.165) is 44.5 Å². The molecule has 4 heteroatoms. The number of hydrogen-bond donors (Lipinski definition) is 1. The van der Waals surface area contributed by atoms with E-state index in [1.54, 1.807) is 18.2 Å². The van der Waals surface area contributed by atoms with Crippen molar-refractivity contribution < 1.29 is 14.6 Å². The van der Waals surface area contributed by atoms with E-state index < -0.39 is 0 Å². The Morgan fingerprint density at radius 3 is 2.67 bits per heavy atom. The van der Waals surface area contributed by atoms with Gasteiger partial charge in [0.2, 0.25) is 0 Å². The number of hydrogen-bond acceptors (Lipinski definition) is 3. The van der Waals surface area contributed by atoms with E-state index in [4.69, 9.17) is 4.74 Å². The highest BCUT2D eigenvalue weighted by Gasteiger charge is 2.41. The second-order valence-corrected chi connectivity index (χ2v) is 6.62. The van der Waals surface area contributed by atoms with Gasteiger partial charge in [-0.2, -0.15) is 0 Å². The van der Waals surface area contributed by atoms with Gasteiger partial charge >= 0.3 is 0 Å². The lowest BCUT2D eigenvalue weighted by atomic mass is 9.76. The first-order chi connectivity index (χ1) is 9.99. The molecule has 0 radical (unpaired) electrons. The van der Waals surface area contributed by atoms with Crippen LogP contribution >= 0.6 is 0 Å². The quantitative estimate of drug-likeness (QED) is 0.865. The molecular formula is C17H23NO3. The lowest BCUT2D eigenvalue weighted by Gasteiger charge is -2.38. The van der Waals surface area contributed by atoms with Crippen LogP contribution in [-0.4, -0.2) is 41.7 Å². The number of piperidine rings is 1. The van der Waals surface area contributed by atoms with Gasteiger partial charge in [0, 0.05) is 18.7 Å². The molecule has 1 N–H and O–H groups in total. The molecule has 2 fully saturated rings. The van der Waals surface area contributed by atoms with Crippen molar-refractivity contribution in [1.82, 2.24) is 4.90 Å². The van der Waals surface area contributed by atoms with Gasteiger partial charge < -0.3 is 14.7 Å². The topological polar surface area (TPSA) is 49.8 Å². The molecule has 2 aliphatic rings. The smallest absolute Gasteiger partial charge is 0.254 e. The van der Waals surface area contributed by atoms with Crippen LogP contribution in [0.15, 0.2) is 18.2 Å². The fourth-order valence-corrected chi connectivity index (χ4v) is 3.64. The number of nitrogens with zero attached hydrogens (tertiary/aromatic N) is 1. The lowest BCUT2D eigenvalue weighted by molar-refractivity contribution is 0.0506. The minimum absolute atomic E-state index is 0.0781. The van der Waals surface area contributed by atoms with Crippen molar-refractivity contribution in [2.24, 2.45) is 5.41 Å². The SMILES string of the molecule is Cc1cc(O)ccc1C(=O)N1CCC2(CC1)COC(C)C2. The number of amides is 1. The summed E-state index contributed by atoms with van der Waals surface area (Å²) in [6, 6.07) is 4.95. The van der Waals surface area contributed by atoms with Gasteiger partial charge in [0.1, 0.15) is 5.75 Å². The van der Waals surface area contributed by atoms with Crippen LogP contribution in [-0.2, 0) is 4.74 Å². The third-order valence-corrected chi connectivity index (χ3v) is 4.95. The van der Waals surface area contributed by atoms with E-state index in [1.165, 1.54) is 0 Å². The molecule has 1 amide bonds. The highest BCUT2D eigenvalue weighted by atomic mass is 16.5. The molecule has 114 valence electrons. The number of aromatic hydroxyl groups is 1. The summed E-state index contributed by atoms with van der Waals surface area (Å²) in [5.74, 6) is 0.285. The van der Waals surface area contributed by atoms with Crippen LogP contribution in [0.25, 0.3) is 0 Å². The van der Waals surface area contributed by atoms with Gasteiger partial charge in [-0.3, -0.25) is 4.79 Å². The monoisotopic (exact) mass is 289 g/mol. The molecule has 3 rings (SSSR count). The summed E-state index contributed by atoms with van der Waals surface area (Å²) < 4.78 is 5.73. The lowest BCUT2D eigenvalue weighted by Crippen LogP contribution is -2.43. The first-order valence-corrected chi connectivity index (χ1v) is 7.70. The van der Waals surface area contributed by atoms with Gasteiger partial charge in [0.05, 0.1) is 12.7 Å². The number of ether oxygens (including phenoxy) is 1. The molecule has 0 saturated carbocycles. The number of carbonyl (C=O) groups is 1. The summed E-state index contributed by atoms with van der Waals surface area (Å²) in [6.45, 7) is 6.44. The second kappa shape index (κ2) is 5.34. The van der Waals surface area contributed by atoms with E-state index in [1.807, 2.05) is 11.8 Å². The zero-order valence-corrected chi connectivity index (χ0v) is 12.8. The Bertz CT molecular complexity index is 547. The fourth-order valence-electron chi connectivity index (χ4n) is 3.64. The van der Waals surface area contributed by atoms with Crippen LogP contribution in [0.3, 0.4) is 0 Å². The highest BCUT2D eigenvalue weighted by Crippen LogP contribution is 2.42. The van der Waals surface area contributed by atoms with Crippen molar-refractivity contribution in [2.75, 3.05) is 19.7 Å². The summed E-state index contributed by atoms with van der Waals surface area (Å²) in [4.78, 5) is 14.6. The van der Waals surface area contributed by atoms with Gasteiger partial charge in [-0.15, -0.1) is 0 Å². The number of phenols is 1. The van der Waals surface area contributed by atoms with Crippen molar-refractivity contribution in [3.05, 3.63) is 29.3 Å². The number of aryl methyl sites for hydroxylation is 1. The Morgan fingerprint density at radius 2 is 2.10 bits per heavy atom. The van der Waals surface area contributed by atoms with Gasteiger partial charge in [-0.1, -0.05) is 0 Å². The second-order valence-electron chi connectivity index (χ2n) is 6.62. The van der Waals surface area contributed by atoms with Crippen molar-refractivity contribution >= 4 is 5.91 Å². The van der Waals surface area contributed by atoms with Crippen LogP contribution in [0.5, 0.6) is 5.75 Å². The Hall–Kier alpha value is -1.55. The molecule has 1 aromatic carbocycles. The van der Waals surface area contributed by atoms with Crippen molar-refractivity contribution in [3.8, 4) is 5.75 Å². The van der Waals surface area contributed by atoms with Crippen molar-refractivity contribution in [1.29, 1.82) is 0 Å². The summed E-state index contributed by atoms with van der Waals surface area (Å²) in [5.41, 5.74) is 1.82. The van der Waals surface area contributed by atoms with Gasteiger partial charge in [0.15, 0.2) is 0 Å². The first-order valence-electron chi connectivity index (χ1n) is 7.70. The van der Waals surface area contributed by atoms with Crippen LogP contribution < -0.4 is 0 Å². The third-order valence-electron chi connectivity index (χ3n) is 4.95. The molecule has 2 heterocycles. The Kier molecular flexibility index (Phi) is 3.66. The van der Waals surface area contributed by atoms with E-state index >= 15 is 0 Å². The fraction of sp³-hybridized carbons (Fsp3) is 0.588. The number of phenolic OH excluding ortho intramolecular Hbond substituents is 1. The molecule has 1 unspecified atom stereocenters. The zero-order valence-electron chi connectivity index (χ0n) is 12.8. The van der Waals surface area contributed by atoms with Crippen molar-refractivity contribution in [2.45, 2.75) is 39.2 Å². The predicted octanol–water partition coefficient (Wildman–Crippen LogP) is 2.73. The van der Waals surface area contributed by atoms with E-state index in [2.05, 4.69) is 6.92 Å². The molecule has 1 spiro atoms. The average molecular weight is 289 g/mol. The minimum atomic E-state index is 0.0781. The molecule has 4 nitrogen and oxygen atoms in total. The molecule has 1 atom stereocenters. The molecule has 2 saturated heterocycles. The van der Waals surface area contributed by atoms with Crippen LogP contribution in [0.4, 0.5) is 0 Å². The first kappa shape index (κ1) is 14.4. The Labute approximate surface area is 125 Å². The highest BCUT2D eigenvalue weighted by molar-refractivity contribution is 5.95. The maximum atomic E-state index is 12.6. The van der Waals surface area contributed by atoms with Gasteiger partial charge in [-0.25, -0.2) is 0 Å². The van der Waals surface area contributed by atoms with E-state index in [0.29, 0.717) is 17.1 Å². The molecular weight excluding hydrogens is 266 g/mol. The van der Waals surface area contributed by atoms with E-state index in [-0.39, 0.29) is 11.7 Å². The van der Waals surface area contributed by atoms with Crippen LogP contribution in [0, 0.1) is 12.3 Å². The van der Waals surface area contributed by atoms with Gasteiger partial charge in [0.25, 0.3) is 5.91 Å². The largest absolute Gasteiger partial charge is 0.508 e. The van der Waals surface area contributed by atoms with Crippen molar-refractivity contribution in [3.63, 3.8) is 0 Å². The predicted molar refractivity (Wildman–Crippen MR) is 80.4 cm³/mol. The maximum absolute atomic E-state index is 12.6. The average Bonchev–Trinajstić information content (AvgIpc) is 2.80. The standard InChI is InChI=1S/C17H23NO3/c1-12-9-14(19)3-4-15(12)16(20)18-7-5-17(6-8-18)10-13(2)21-11-17/h3-4,9,13,19H,5-8,10-11H2,1-2H3.